The molecule has 186 valence electrons. The Morgan fingerprint density at radius 1 is 1.09 bits per heavy atom. The summed E-state index contributed by atoms with van der Waals surface area (Å²) in [6.07, 6.45) is 4.64. The number of aryl methyl sites for hydroxylation is 1. The fourth-order valence-corrected chi connectivity index (χ4v) is 6.14. The number of carboxylic acid groups (broad SMARTS) is 1. The molecule has 0 saturated carbocycles. The molecule has 1 aliphatic heterocycles. The van der Waals surface area contributed by atoms with Gasteiger partial charge in [0.2, 0.25) is 10.0 Å². The first-order valence-electron chi connectivity index (χ1n) is 11.8. The number of ether oxygens (including phenoxy) is 1. The Labute approximate surface area is 205 Å². The van der Waals surface area contributed by atoms with Crippen LogP contribution in [-0.2, 0) is 16.4 Å². The maximum atomic E-state index is 13.1. The lowest BCUT2D eigenvalue weighted by Gasteiger charge is -2.32. The van der Waals surface area contributed by atoms with Crippen molar-refractivity contribution in [2.24, 2.45) is 0 Å². The van der Waals surface area contributed by atoms with E-state index in [4.69, 9.17) is 4.74 Å². The fraction of sp³-hybridized carbons (Fsp3) is 0.400. The van der Waals surface area contributed by atoms with Crippen LogP contribution < -0.4 is 10.1 Å². The SMILES string of the molecule is O=C(O)N[C@H](CCCc1ncccn1)CS(=O)(=O)N1CCC(Oc2cccc3ccccc23)CC1. The van der Waals surface area contributed by atoms with E-state index < -0.39 is 22.2 Å². The third-order valence-electron chi connectivity index (χ3n) is 6.15. The van der Waals surface area contributed by atoms with Crippen molar-refractivity contribution < 1.29 is 23.1 Å². The van der Waals surface area contributed by atoms with E-state index in [0.29, 0.717) is 51.0 Å². The number of nitrogens with zero attached hydrogens (tertiary/aromatic N) is 3. The minimum absolute atomic E-state index is 0.0777. The van der Waals surface area contributed by atoms with Gasteiger partial charge >= 0.3 is 6.09 Å². The molecule has 1 saturated heterocycles. The molecule has 0 aliphatic carbocycles. The number of rotatable bonds is 10. The number of carbonyl (C=O) groups is 1. The number of hydrogen-bond acceptors (Lipinski definition) is 6. The second-order valence-electron chi connectivity index (χ2n) is 8.68. The van der Waals surface area contributed by atoms with Gasteiger partial charge in [0, 0.05) is 43.3 Å². The van der Waals surface area contributed by atoms with Crippen molar-refractivity contribution >= 4 is 26.9 Å². The van der Waals surface area contributed by atoms with Crippen molar-refractivity contribution in [1.29, 1.82) is 0 Å². The molecular weight excluding hydrogens is 468 g/mol. The third kappa shape index (κ3) is 6.89. The fourth-order valence-electron chi connectivity index (χ4n) is 4.40. The molecule has 4 rings (SSSR count). The van der Waals surface area contributed by atoms with E-state index in [1.54, 1.807) is 18.5 Å². The summed E-state index contributed by atoms with van der Waals surface area (Å²) in [6, 6.07) is 15.0. The van der Waals surface area contributed by atoms with Crippen molar-refractivity contribution in [2.75, 3.05) is 18.8 Å². The van der Waals surface area contributed by atoms with Crippen LogP contribution in [0.25, 0.3) is 10.8 Å². The predicted molar refractivity (Wildman–Crippen MR) is 133 cm³/mol. The minimum atomic E-state index is -3.63. The predicted octanol–water partition coefficient (Wildman–Crippen LogP) is 3.46. The standard InChI is InChI=1S/C25H30N4O5S/c30-25(31)28-20(8-4-11-24-26-14-5-15-27-24)18-35(32,33)29-16-12-21(13-17-29)34-23-10-3-7-19-6-1-2-9-22(19)23/h1-3,5-7,9-10,14-15,20-21,28H,4,8,11-13,16-18H2,(H,30,31)/t20-/m1/s1. The average molecular weight is 499 g/mol. The highest BCUT2D eigenvalue weighted by Crippen LogP contribution is 2.28. The summed E-state index contributed by atoms with van der Waals surface area (Å²) in [5, 5.41) is 13.7. The number of sulfonamides is 1. The summed E-state index contributed by atoms with van der Waals surface area (Å²) >= 11 is 0. The average Bonchev–Trinajstić information content (AvgIpc) is 2.85. The summed E-state index contributed by atoms with van der Waals surface area (Å²) < 4.78 is 33.8. The van der Waals surface area contributed by atoms with Gasteiger partial charge in [-0.25, -0.2) is 27.5 Å². The summed E-state index contributed by atoms with van der Waals surface area (Å²) in [7, 11) is -3.63. The van der Waals surface area contributed by atoms with Gasteiger partial charge in [0.15, 0.2) is 0 Å². The van der Waals surface area contributed by atoms with Crippen molar-refractivity contribution in [3.05, 3.63) is 66.7 Å². The molecular formula is C25H30N4O5S. The molecule has 2 N–H and O–H groups in total. The molecule has 2 aromatic carbocycles. The Hall–Kier alpha value is -3.24. The van der Waals surface area contributed by atoms with Crippen molar-refractivity contribution in [3.63, 3.8) is 0 Å². The first-order valence-corrected chi connectivity index (χ1v) is 13.4. The number of fused-ring (bicyclic) bond motifs is 1. The number of amides is 1. The first-order chi connectivity index (χ1) is 16.9. The Bertz CT molecular complexity index is 1230. The lowest BCUT2D eigenvalue weighted by Crippen LogP contribution is -2.47. The molecule has 1 atom stereocenters. The van der Waals surface area contributed by atoms with Gasteiger partial charge in [0.05, 0.1) is 5.75 Å². The van der Waals surface area contributed by atoms with Gasteiger partial charge in [0.25, 0.3) is 0 Å². The zero-order valence-electron chi connectivity index (χ0n) is 19.4. The number of benzene rings is 2. The van der Waals surface area contributed by atoms with E-state index in [1.807, 2.05) is 42.5 Å². The molecule has 10 heteroatoms. The van der Waals surface area contributed by atoms with E-state index in [1.165, 1.54) is 4.31 Å². The van der Waals surface area contributed by atoms with Gasteiger partial charge in [-0.15, -0.1) is 0 Å². The molecule has 0 bridgehead atoms. The number of piperidine rings is 1. The van der Waals surface area contributed by atoms with Crippen LogP contribution in [0.15, 0.2) is 60.9 Å². The zero-order chi connectivity index (χ0) is 24.7. The van der Waals surface area contributed by atoms with Crippen LogP contribution in [0, 0.1) is 0 Å². The van der Waals surface area contributed by atoms with E-state index in [-0.39, 0.29) is 11.9 Å². The highest BCUT2D eigenvalue weighted by atomic mass is 32.2. The summed E-state index contributed by atoms with van der Waals surface area (Å²) in [4.78, 5) is 19.6. The van der Waals surface area contributed by atoms with Crippen LogP contribution in [0.3, 0.4) is 0 Å². The Kier molecular flexibility index (Phi) is 8.14. The second-order valence-corrected chi connectivity index (χ2v) is 10.7. The Morgan fingerprint density at radius 2 is 1.80 bits per heavy atom. The van der Waals surface area contributed by atoms with E-state index in [2.05, 4.69) is 15.3 Å². The largest absolute Gasteiger partial charge is 0.490 e. The van der Waals surface area contributed by atoms with Gasteiger partial charge in [-0.05, 0) is 43.2 Å². The van der Waals surface area contributed by atoms with Gasteiger partial charge in [-0.1, -0.05) is 36.4 Å². The molecule has 1 aromatic heterocycles. The highest BCUT2D eigenvalue weighted by Gasteiger charge is 2.31. The third-order valence-corrected chi connectivity index (χ3v) is 8.12. The Morgan fingerprint density at radius 3 is 2.54 bits per heavy atom. The molecule has 2 heterocycles. The van der Waals surface area contributed by atoms with Gasteiger partial charge < -0.3 is 15.2 Å². The molecule has 0 radical (unpaired) electrons. The van der Waals surface area contributed by atoms with E-state index in [0.717, 1.165) is 16.5 Å². The highest BCUT2D eigenvalue weighted by molar-refractivity contribution is 7.89. The van der Waals surface area contributed by atoms with Crippen LogP contribution in [0.1, 0.15) is 31.5 Å². The van der Waals surface area contributed by atoms with E-state index in [9.17, 15) is 18.3 Å². The van der Waals surface area contributed by atoms with Crippen LogP contribution >= 0.6 is 0 Å². The maximum absolute atomic E-state index is 13.1. The van der Waals surface area contributed by atoms with Crippen molar-refractivity contribution in [1.82, 2.24) is 19.6 Å². The molecule has 9 nitrogen and oxygen atoms in total. The van der Waals surface area contributed by atoms with Gasteiger partial charge in [0.1, 0.15) is 17.7 Å². The van der Waals surface area contributed by atoms with Crippen LogP contribution in [0.5, 0.6) is 5.75 Å². The first kappa shape index (κ1) is 24.9. The monoisotopic (exact) mass is 498 g/mol. The van der Waals surface area contributed by atoms with Crippen molar-refractivity contribution in [2.45, 2.75) is 44.2 Å². The lowest BCUT2D eigenvalue weighted by atomic mass is 10.1. The van der Waals surface area contributed by atoms with Crippen molar-refractivity contribution in [3.8, 4) is 5.75 Å². The van der Waals surface area contributed by atoms with Gasteiger partial charge in [-0.2, -0.15) is 0 Å². The molecule has 35 heavy (non-hydrogen) atoms. The number of aromatic nitrogens is 2. The quantitative estimate of drug-likeness (QED) is 0.439. The topological polar surface area (TPSA) is 122 Å². The molecule has 1 amide bonds. The normalized spacial score (nSPS) is 16.1. The molecule has 1 fully saturated rings. The molecule has 0 spiro atoms. The van der Waals surface area contributed by atoms with Crippen LogP contribution in [0.4, 0.5) is 4.79 Å². The van der Waals surface area contributed by atoms with Crippen LogP contribution in [-0.4, -0.2) is 64.9 Å². The smallest absolute Gasteiger partial charge is 0.404 e. The van der Waals surface area contributed by atoms with Gasteiger partial charge in [-0.3, -0.25) is 0 Å². The second kappa shape index (κ2) is 11.5. The lowest BCUT2D eigenvalue weighted by molar-refractivity contribution is 0.136. The van der Waals surface area contributed by atoms with Crippen LogP contribution in [0.2, 0.25) is 0 Å². The minimum Gasteiger partial charge on any atom is -0.490 e. The zero-order valence-corrected chi connectivity index (χ0v) is 20.2. The summed E-state index contributed by atoms with van der Waals surface area (Å²) in [5.41, 5.74) is 0. The maximum Gasteiger partial charge on any atom is 0.404 e. The van der Waals surface area contributed by atoms with E-state index >= 15 is 0 Å². The number of nitrogens with one attached hydrogen (secondary N) is 1. The molecule has 1 aliphatic rings. The number of hydrogen-bond donors (Lipinski definition) is 2. The molecule has 3 aromatic rings. The summed E-state index contributed by atoms with van der Waals surface area (Å²) in [6.45, 7) is 0.685. The summed E-state index contributed by atoms with van der Waals surface area (Å²) in [5.74, 6) is 1.18. The Balaban J connectivity index is 1.31. The molecule has 0 unspecified atom stereocenters.